The number of hydrogen-bond acceptors (Lipinski definition) is 6. The van der Waals surface area contributed by atoms with Gasteiger partial charge in [-0.25, -0.2) is 0 Å². The normalized spacial score (nSPS) is 10.3. The SMILES string of the molecule is Cc1ccnc(-c2[c-]c(-c3cc(C)cc(-c4cc(C)ccn4)n3)cc(N)c2)c1.Cc1ccnc(-c2cc(C)ccn2)c1.[Os+]. The molecular weight excluding hydrogens is 707 g/mol. The van der Waals surface area contributed by atoms with Crippen LogP contribution < -0.4 is 5.73 Å². The Morgan fingerprint density at radius 3 is 1.26 bits per heavy atom. The van der Waals surface area contributed by atoms with Crippen LogP contribution in [-0.4, -0.2) is 24.9 Å². The molecule has 1 radical (unpaired) electrons. The zero-order chi connectivity index (χ0) is 29.6. The number of nitrogens with two attached hydrogens (primary N) is 1. The number of nitrogen functional groups attached to an aromatic ring is 1. The monoisotopic (exact) mass is 741 g/mol. The molecule has 6 rings (SSSR count). The van der Waals surface area contributed by atoms with E-state index in [2.05, 4.69) is 53.7 Å². The molecular formula is C36H33N6Os. The predicted molar refractivity (Wildman–Crippen MR) is 171 cm³/mol. The van der Waals surface area contributed by atoms with Crippen molar-refractivity contribution in [3.8, 4) is 45.3 Å². The van der Waals surface area contributed by atoms with E-state index < -0.39 is 0 Å². The second-order valence-corrected chi connectivity index (χ2v) is 10.5. The van der Waals surface area contributed by atoms with Crippen molar-refractivity contribution in [1.82, 2.24) is 24.9 Å². The first-order chi connectivity index (χ1) is 20.2. The Hall–Kier alpha value is -4.59. The molecule has 0 atom stereocenters. The van der Waals surface area contributed by atoms with Crippen molar-refractivity contribution in [3.05, 3.63) is 131 Å². The summed E-state index contributed by atoms with van der Waals surface area (Å²) < 4.78 is 0. The molecule has 0 saturated heterocycles. The Morgan fingerprint density at radius 2 is 0.791 bits per heavy atom. The number of nitrogens with zero attached hydrogens (tertiary/aromatic N) is 5. The van der Waals surface area contributed by atoms with Crippen LogP contribution in [0.25, 0.3) is 45.3 Å². The maximum Gasteiger partial charge on any atom is 1.00 e. The summed E-state index contributed by atoms with van der Waals surface area (Å²) in [4.78, 5) is 22.3. The van der Waals surface area contributed by atoms with Crippen molar-refractivity contribution in [1.29, 1.82) is 0 Å². The van der Waals surface area contributed by atoms with Crippen LogP contribution in [0.4, 0.5) is 5.69 Å². The molecule has 1 aromatic carbocycles. The van der Waals surface area contributed by atoms with E-state index in [4.69, 9.17) is 10.7 Å². The van der Waals surface area contributed by atoms with Crippen molar-refractivity contribution in [2.24, 2.45) is 0 Å². The first kappa shape index (κ1) is 31.3. The maximum absolute atomic E-state index is 6.19. The molecule has 43 heavy (non-hydrogen) atoms. The summed E-state index contributed by atoms with van der Waals surface area (Å²) in [5, 5.41) is 0. The van der Waals surface area contributed by atoms with Gasteiger partial charge >= 0.3 is 19.8 Å². The summed E-state index contributed by atoms with van der Waals surface area (Å²) in [6.45, 7) is 10.3. The topological polar surface area (TPSA) is 90.5 Å². The van der Waals surface area contributed by atoms with Crippen molar-refractivity contribution in [2.45, 2.75) is 34.6 Å². The molecule has 215 valence electrons. The second-order valence-electron chi connectivity index (χ2n) is 10.5. The largest absolute Gasteiger partial charge is 1.00 e. The van der Waals surface area contributed by atoms with Gasteiger partial charge in [0.1, 0.15) is 0 Å². The fraction of sp³-hybridized carbons (Fsp3) is 0.139. The van der Waals surface area contributed by atoms with Crippen LogP contribution >= 0.6 is 0 Å². The predicted octanol–water partition coefficient (Wildman–Crippen LogP) is 7.94. The summed E-state index contributed by atoms with van der Waals surface area (Å²) in [5.74, 6) is 0. The van der Waals surface area contributed by atoms with E-state index in [0.717, 1.165) is 62.0 Å². The molecule has 0 saturated carbocycles. The van der Waals surface area contributed by atoms with E-state index in [1.165, 1.54) is 11.1 Å². The third-order valence-corrected chi connectivity index (χ3v) is 6.60. The minimum Gasteiger partial charge on any atom is -0.411 e. The number of rotatable bonds is 4. The standard InChI is InChI=1S/C24H21N4.C12H12N2.Os/c1-15-4-6-26-21(8-15)18-12-19(14-20(25)13-18)22-10-17(3)11-24(28-22)23-9-16(2)5-7-27-23;1-9-3-5-13-11(7-9)12-8-10(2)4-6-14-12;/h4-11,13-14H,25H2,1-3H3;3-8H,1-2H3;/q-1;;+1. The Kier molecular flexibility index (Phi) is 10.2. The van der Waals surface area contributed by atoms with Crippen LogP contribution in [0, 0.1) is 40.7 Å². The van der Waals surface area contributed by atoms with E-state index in [0.29, 0.717) is 5.69 Å². The summed E-state index contributed by atoms with van der Waals surface area (Å²) in [6.07, 6.45) is 7.24. The third-order valence-electron chi connectivity index (χ3n) is 6.60. The second kappa shape index (κ2) is 14.0. The number of aromatic nitrogens is 5. The van der Waals surface area contributed by atoms with E-state index in [9.17, 15) is 0 Å². The molecule has 0 bridgehead atoms. The van der Waals surface area contributed by atoms with E-state index in [1.807, 2.05) is 98.3 Å². The zero-order valence-corrected chi connectivity index (χ0v) is 27.4. The molecule has 5 aromatic heterocycles. The average molecular weight is 740 g/mol. The van der Waals surface area contributed by atoms with Gasteiger partial charge in [-0.05, 0) is 106 Å². The molecule has 0 unspecified atom stereocenters. The van der Waals surface area contributed by atoms with Gasteiger partial charge in [-0.1, -0.05) is 34.4 Å². The van der Waals surface area contributed by atoms with Crippen LogP contribution in [-0.2, 0) is 19.8 Å². The third kappa shape index (κ3) is 8.25. The molecule has 0 aliphatic heterocycles. The summed E-state index contributed by atoms with van der Waals surface area (Å²) in [6, 6.07) is 27.4. The van der Waals surface area contributed by atoms with Crippen molar-refractivity contribution < 1.29 is 19.8 Å². The molecule has 0 aliphatic rings. The summed E-state index contributed by atoms with van der Waals surface area (Å²) in [7, 11) is 0. The number of aryl methyl sites for hydroxylation is 5. The van der Waals surface area contributed by atoms with Gasteiger partial charge in [0.25, 0.3) is 0 Å². The van der Waals surface area contributed by atoms with Crippen LogP contribution in [0.3, 0.4) is 0 Å². The van der Waals surface area contributed by atoms with E-state index in [1.54, 1.807) is 6.20 Å². The Labute approximate surface area is 266 Å². The Balaban J connectivity index is 0.000000238. The first-order valence-corrected chi connectivity index (χ1v) is 13.8. The molecule has 0 fully saturated rings. The molecule has 2 N–H and O–H groups in total. The van der Waals surface area contributed by atoms with Crippen molar-refractivity contribution in [2.75, 3.05) is 5.73 Å². The van der Waals surface area contributed by atoms with Crippen LogP contribution in [0.1, 0.15) is 27.8 Å². The maximum atomic E-state index is 6.19. The van der Waals surface area contributed by atoms with Gasteiger partial charge in [-0.2, -0.15) is 0 Å². The van der Waals surface area contributed by atoms with Gasteiger partial charge in [0.05, 0.1) is 22.8 Å². The van der Waals surface area contributed by atoms with Gasteiger partial charge in [0, 0.05) is 36.2 Å². The first-order valence-electron chi connectivity index (χ1n) is 13.8. The van der Waals surface area contributed by atoms with E-state index >= 15 is 0 Å². The smallest absolute Gasteiger partial charge is 0.411 e. The minimum absolute atomic E-state index is 0. The van der Waals surface area contributed by atoms with Crippen LogP contribution in [0.5, 0.6) is 0 Å². The fourth-order valence-electron chi connectivity index (χ4n) is 4.52. The fourth-order valence-corrected chi connectivity index (χ4v) is 4.52. The zero-order valence-electron chi connectivity index (χ0n) is 24.9. The van der Waals surface area contributed by atoms with Crippen molar-refractivity contribution >= 4 is 5.69 Å². The molecule has 6 aromatic rings. The van der Waals surface area contributed by atoms with Crippen molar-refractivity contribution in [3.63, 3.8) is 0 Å². The quantitative estimate of drug-likeness (QED) is 0.146. The number of hydrogen-bond donors (Lipinski definition) is 1. The Bertz CT molecular complexity index is 1730. The number of benzene rings is 1. The minimum atomic E-state index is 0. The molecule has 6 nitrogen and oxygen atoms in total. The van der Waals surface area contributed by atoms with Gasteiger partial charge in [0.2, 0.25) is 0 Å². The van der Waals surface area contributed by atoms with Crippen LogP contribution in [0.15, 0.2) is 97.6 Å². The van der Waals surface area contributed by atoms with Gasteiger partial charge in [0.15, 0.2) is 0 Å². The summed E-state index contributed by atoms with van der Waals surface area (Å²) >= 11 is 0. The van der Waals surface area contributed by atoms with Gasteiger partial charge in [-0.15, -0.1) is 18.2 Å². The van der Waals surface area contributed by atoms with Crippen LogP contribution in [0.2, 0.25) is 0 Å². The summed E-state index contributed by atoms with van der Waals surface area (Å²) in [5.41, 5.74) is 19.6. The van der Waals surface area contributed by atoms with Gasteiger partial charge < -0.3 is 5.73 Å². The molecule has 0 aliphatic carbocycles. The molecule has 7 heteroatoms. The Morgan fingerprint density at radius 1 is 0.442 bits per heavy atom. The van der Waals surface area contributed by atoms with E-state index in [-0.39, 0.29) is 19.8 Å². The molecule has 0 amide bonds. The number of anilines is 1. The molecule has 5 heterocycles. The average Bonchev–Trinajstić information content (AvgIpc) is 2.97. The molecule has 0 spiro atoms. The van der Waals surface area contributed by atoms with Gasteiger partial charge in [-0.3, -0.25) is 24.9 Å². The number of pyridine rings is 5.